The molecule has 4 aromatic rings. The summed E-state index contributed by atoms with van der Waals surface area (Å²) in [4.78, 5) is 31.9. The largest absolute Gasteiger partial charge is 0.497 e. The van der Waals surface area contributed by atoms with E-state index in [0.29, 0.717) is 39.4 Å². The van der Waals surface area contributed by atoms with Crippen LogP contribution in [0.3, 0.4) is 0 Å². The van der Waals surface area contributed by atoms with Crippen LogP contribution in [-0.4, -0.2) is 31.4 Å². The number of amides is 1. The third-order valence-corrected chi connectivity index (χ3v) is 6.88. The molecule has 3 aromatic carbocycles. The lowest BCUT2D eigenvalue weighted by atomic mass is 10.2. The Kier molecular flexibility index (Phi) is 6.83. The number of benzene rings is 3. The number of rotatable bonds is 8. The van der Waals surface area contributed by atoms with Gasteiger partial charge in [-0.1, -0.05) is 18.2 Å². The zero-order valence-corrected chi connectivity index (χ0v) is 20.0. The molecule has 0 saturated carbocycles. The molecule has 0 fully saturated rings. The summed E-state index contributed by atoms with van der Waals surface area (Å²) >= 11 is 0. The number of nitrogens with one attached hydrogen (secondary N) is 3. The second kappa shape index (κ2) is 9.98. The van der Waals surface area contributed by atoms with E-state index in [1.807, 2.05) is 0 Å². The quantitative estimate of drug-likeness (QED) is 0.344. The number of sulfonamides is 1. The monoisotopic (exact) mass is 492 g/mol. The van der Waals surface area contributed by atoms with Gasteiger partial charge in [0.25, 0.3) is 15.6 Å². The number of hydrogen-bond donors (Lipinski definition) is 3. The molecule has 0 radical (unpaired) electrons. The van der Waals surface area contributed by atoms with E-state index < -0.39 is 10.0 Å². The van der Waals surface area contributed by atoms with Gasteiger partial charge >= 0.3 is 0 Å². The fourth-order valence-electron chi connectivity index (χ4n) is 3.55. The predicted molar refractivity (Wildman–Crippen MR) is 134 cm³/mol. The fourth-order valence-corrected chi connectivity index (χ4v) is 4.88. The first-order valence-electron chi connectivity index (χ1n) is 10.8. The molecule has 1 aromatic heterocycles. The maximum atomic E-state index is 13.0. The number of carbonyl (C=O) groups is 1. The highest BCUT2D eigenvalue weighted by Crippen LogP contribution is 2.24. The number of aromatic amines is 1. The van der Waals surface area contributed by atoms with Gasteiger partial charge in [0.1, 0.15) is 11.6 Å². The normalized spacial score (nSPS) is 11.3. The first kappa shape index (κ1) is 24.0. The summed E-state index contributed by atoms with van der Waals surface area (Å²) in [5.74, 6) is 0.674. The molecule has 9 nitrogen and oxygen atoms in total. The third kappa shape index (κ3) is 5.67. The van der Waals surface area contributed by atoms with Crippen molar-refractivity contribution in [2.24, 2.45) is 0 Å². The molecule has 0 atom stereocenters. The van der Waals surface area contributed by atoms with Gasteiger partial charge in [0.05, 0.1) is 22.9 Å². The molecule has 3 N–H and O–H groups in total. The van der Waals surface area contributed by atoms with Gasteiger partial charge in [0.15, 0.2) is 0 Å². The lowest BCUT2D eigenvalue weighted by Gasteiger charge is -2.13. The number of anilines is 2. The summed E-state index contributed by atoms with van der Waals surface area (Å²) in [5, 5.41) is 3.20. The first-order chi connectivity index (χ1) is 16.7. The van der Waals surface area contributed by atoms with Gasteiger partial charge in [0, 0.05) is 24.2 Å². The summed E-state index contributed by atoms with van der Waals surface area (Å²) in [6.45, 7) is 1.68. The summed E-state index contributed by atoms with van der Waals surface area (Å²) < 4.78 is 33.6. The number of methoxy groups -OCH3 is 1. The van der Waals surface area contributed by atoms with E-state index in [0.717, 1.165) is 0 Å². The SMILES string of the molecule is COc1ccc(NS(=O)(=O)c2cc(NC(=O)CCc3nc4ccccc4c(=O)[nH]3)ccc2C)cc1. The number of para-hydroxylation sites is 1. The Morgan fingerprint density at radius 1 is 1.03 bits per heavy atom. The Morgan fingerprint density at radius 3 is 2.49 bits per heavy atom. The summed E-state index contributed by atoms with van der Waals surface area (Å²) in [6, 6.07) is 18.1. The first-order valence-corrected chi connectivity index (χ1v) is 12.3. The number of nitrogens with zero attached hydrogens (tertiary/aromatic N) is 1. The minimum atomic E-state index is -3.89. The van der Waals surface area contributed by atoms with Crippen molar-refractivity contribution in [3.63, 3.8) is 0 Å². The van der Waals surface area contributed by atoms with Crippen LogP contribution in [0.5, 0.6) is 5.75 Å². The highest BCUT2D eigenvalue weighted by Gasteiger charge is 2.18. The van der Waals surface area contributed by atoms with Crippen LogP contribution in [0.4, 0.5) is 11.4 Å². The van der Waals surface area contributed by atoms with Gasteiger partial charge < -0.3 is 15.0 Å². The van der Waals surface area contributed by atoms with Crippen LogP contribution in [-0.2, 0) is 21.2 Å². The average Bonchev–Trinajstić information content (AvgIpc) is 2.84. The summed E-state index contributed by atoms with van der Waals surface area (Å²) in [5.41, 5.74) is 1.56. The lowest BCUT2D eigenvalue weighted by Crippen LogP contribution is -2.17. The van der Waals surface area contributed by atoms with E-state index >= 15 is 0 Å². The lowest BCUT2D eigenvalue weighted by molar-refractivity contribution is -0.116. The topological polar surface area (TPSA) is 130 Å². The van der Waals surface area contributed by atoms with Gasteiger partial charge in [-0.15, -0.1) is 0 Å². The van der Waals surface area contributed by atoms with E-state index in [1.165, 1.54) is 13.2 Å². The van der Waals surface area contributed by atoms with Crippen molar-refractivity contribution in [2.75, 3.05) is 17.1 Å². The van der Waals surface area contributed by atoms with Crippen molar-refractivity contribution in [2.45, 2.75) is 24.7 Å². The van der Waals surface area contributed by atoms with Gasteiger partial charge in [-0.25, -0.2) is 13.4 Å². The molecule has 4 rings (SSSR count). The molecule has 0 aliphatic heterocycles. The van der Waals surface area contributed by atoms with Crippen LogP contribution in [0.15, 0.2) is 76.4 Å². The number of carbonyl (C=O) groups excluding carboxylic acids is 1. The van der Waals surface area contributed by atoms with Crippen LogP contribution in [0.2, 0.25) is 0 Å². The van der Waals surface area contributed by atoms with Crippen molar-refractivity contribution in [1.29, 1.82) is 0 Å². The highest BCUT2D eigenvalue weighted by molar-refractivity contribution is 7.92. The van der Waals surface area contributed by atoms with Crippen LogP contribution in [0.1, 0.15) is 17.8 Å². The predicted octanol–water partition coefficient (Wildman–Crippen LogP) is 3.61. The molecule has 0 saturated heterocycles. The van der Waals surface area contributed by atoms with Crippen LogP contribution in [0, 0.1) is 6.92 Å². The molecule has 10 heteroatoms. The standard InChI is InChI=1S/C25H24N4O5S/c1-16-7-8-18(15-22(16)35(32,33)29-17-9-11-19(34-2)12-10-17)26-24(30)14-13-23-27-21-6-4-3-5-20(21)25(31)28-23/h3-12,15,29H,13-14H2,1-2H3,(H,26,30)(H,27,28,31). The van der Waals surface area contributed by atoms with Crippen molar-refractivity contribution >= 4 is 38.2 Å². The van der Waals surface area contributed by atoms with E-state index in [2.05, 4.69) is 20.0 Å². The molecule has 0 aliphatic rings. The number of fused-ring (bicyclic) bond motifs is 1. The molecule has 0 aliphatic carbocycles. The second-order valence-corrected chi connectivity index (χ2v) is 9.54. The number of aromatic nitrogens is 2. The molecule has 1 amide bonds. The zero-order valence-electron chi connectivity index (χ0n) is 19.2. The van der Waals surface area contributed by atoms with Gasteiger partial charge in [0.2, 0.25) is 5.91 Å². The maximum absolute atomic E-state index is 13.0. The molecule has 180 valence electrons. The average molecular weight is 493 g/mol. The molecule has 35 heavy (non-hydrogen) atoms. The number of hydrogen-bond acceptors (Lipinski definition) is 6. The van der Waals surface area contributed by atoms with Crippen molar-refractivity contribution in [3.8, 4) is 5.75 Å². The Morgan fingerprint density at radius 2 is 1.74 bits per heavy atom. The van der Waals surface area contributed by atoms with E-state index in [9.17, 15) is 18.0 Å². The van der Waals surface area contributed by atoms with Crippen LogP contribution in [0.25, 0.3) is 10.9 Å². The Bertz CT molecular complexity index is 1550. The fraction of sp³-hybridized carbons (Fsp3) is 0.160. The minimum absolute atomic E-state index is 0.0478. The molecule has 0 bridgehead atoms. The smallest absolute Gasteiger partial charge is 0.262 e. The van der Waals surface area contributed by atoms with Crippen LogP contribution < -0.4 is 20.3 Å². The van der Waals surface area contributed by atoms with Gasteiger partial charge in [-0.2, -0.15) is 0 Å². The number of H-pyrrole nitrogens is 1. The summed E-state index contributed by atoms with van der Waals surface area (Å²) in [6.07, 6.45) is 0.281. The molecule has 1 heterocycles. The van der Waals surface area contributed by atoms with Crippen molar-refractivity contribution in [3.05, 3.63) is 88.5 Å². The zero-order chi connectivity index (χ0) is 25.0. The van der Waals surface area contributed by atoms with Gasteiger partial charge in [-0.05, 0) is 61.0 Å². The Labute approximate surface area is 202 Å². The molecule has 0 spiro atoms. The minimum Gasteiger partial charge on any atom is -0.497 e. The number of aryl methyl sites for hydroxylation is 2. The van der Waals surface area contributed by atoms with E-state index in [-0.39, 0.29) is 29.2 Å². The molecular formula is C25H24N4O5S. The van der Waals surface area contributed by atoms with E-state index in [1.54, 1.807) is 67.6 Å². The van der Waals surface area contributed by atoms with Crippen molar-refractivity contribution in [1.82, 2.24) is 9.97 Å². The molecular weight excluding hydrogens is 468 g/mol. The third-order valence-electron chi connectivity index (χ3n) is 5.35. The van der Waals surface area contributed by atoms with Crippen LogP contribution >= 0.6 is 0 Å². The highest BCUT2D eigenvalue weighted by atomic mass is 32.2. The number of ether oxygens (including phenoxy) is 1. The Balaban J connectivity index is 1.45. The maximum Gasteiger partial charge on any atom is 0.262 e. The summed E-state index contributed by atoms with van der Waals surface area (Å²) in [7, 11) is -2.37. The Hall–Kier alpha value is -4.18. The van der Waals surface area contributed by atoms with Crippen molar-refractivity contribution < 1.29 is 17.9 Å². The second-order valence-electron chi connectivity index (χ2n) is 7.89. The molecule has 0 unspecified atom stereocenters. The van der Waals surface area contributed by atoms with Gasteiger partial charge in [-0.3, -0.25) is 14.3 Å². The van der Waals surface area contributed by atoms with E-state index in [4.69, 9.17) is 4.74 Å².